The quantitative estimate of drug-likeness (QED) is 0.360. The molecule has 2 heterocycles. The van der Waals surface area contributed by atoms with Gasteiger partial charge < -0.3 is 25.4 Å². The van der Waals surface area contributed by atoms with Crippen LogP contribution in [0.5, 0.6) is 0 Å². The molecule has 0 radical (unpaired) electrons. The number of aliphatic hydroxyl groups is 2. The molecule has 4 atom stereocenters. The lowest BCUT2D eigenvalue weighted by Crippen LogP contribution is -2.34. The third-order valence-corrected chi connectivity index (χ3v) is 4.91. The molecule has 1 aliphatic rings. The van der Waals surface area contributed by atoms with E-state index in [2.05, 4.69) is 10.1 Å². The van der Waals surface area contributed by atoms with Crippen molar-refractivity contribution in [2.45, 2.75) is 29.4 Å². The van der Waals surface area contributed by atoms with Gasteiger partial charge >= 0.3 is 16.2 Å². The molecule has 1 aromatic heterocycles. The van der Waals surface area contributed by atoms with E-state index in [1.807, 2.05) is 0 Å². The molecule has 156 valence electrons. The molecule has 14 heteroatoms. The van der Waals surface area contributed by atoms with Crippen LogP contribution in [-0.2, 0) is 19.7 Å². The molecule has 1 amide bonds. The third-order valence-electron chi connectivity index (χ3n) is 4.08. The predicted octanol–water partition coefficient (Wildman–Crippen LogP) is -1.49. The first kappa shape index (κ1) is 20.8. The predicted molar refractivity (Wildman–Crippen MR) is 89.5 cm³/mol. The van der Waals surface area contributed by atoms with E-state index in [1.165, 1.54) is 0 Å². The number of hydrogen-bond acceptors (Lipinski definition) is 10. The van der Waals surface area contributed by atoms with E-state index >= 15 is 0 Å². The number of hydrogen-bond donors (Lipinski definition) is 3. The van der Waals surface area contributed by atoms with Crippen LogP contribution in [0.4, 0.5) is 3.89 Å². The number of nitrogens with zero attached hydrogens (tertiary/aromatic N) is 3. The number of rotatable bonds is 6. The van der Waals surface area contributed by atoms with Crippen LogP contribution in [-0.4, -0.2) is 70.2 Å². The second-order valence-corrected chi connectivity index (χ2v) is 7.37. The molecular formula is C15H15FN4O8S. The van der Waals surface area contributed by atoms with Gasteiger partial charge in [-0.25, -0.2) is 14.5 Å². The molecule has 1 saturated heterocycles. The van der Waals surface area contributed by atoms with Crippen molar-refractivity contribution in [3.63, 3.8) is 0 Å². The minimum absolute atomic E-state index is 0.0654. The van der Waals surface area contributed by atoms with E-state index in [9.17, 15) is 32.1 Å². The van der Waals surface area contributed by atoms with E-state index in [-0.39, 0.29) is 11.4 Å². The van der Waals surface area contributed by atoms with E-state index in [0.717, 1.165) is 35.3 Å². The van der Waals surface area contributed by atoms with Crippen molar-refractivity contribution >= 4 is 22.1 Å². The molecule has 29 heavy (non-hydrogen) atoms. The molecule has 0 unspecified atom stereocenters. The molecule has 12 nitrogen and oxygen atoms in total. The Kier molecular flexibility index (Phi) is 5.61. The van der Waals surface area contributed by atoms with Gasteiger partial charge in [-0.05, 0) is 24.3 Å². The fraction of sp³-hybridized carbons (Fsp3) is 0.333. The number of aliphatic hydroxyl groups excluding tert-OH is 2. The zero-order chi connectivity index (χ0) is 21.3. The number of carbonyl (C=O) groups is 2. The van der Waals surface area contributed by atoms with E-state index < -0.39 is 58.1 Å². The van der Waals surface area contributed by atoms with Crippen LogP contribution in [0.2, 0.25) is 0 Å². The first-order valence-corrected chi connectivity index (χ1v) is 9.40. The Labute approximate surface area is 162 Å². The summed E-state index contributed by atoms with van der Waals surface area (Å²) in [5.41, 5.74) is 4.98. The van der Waals surface area contributed by atoms with Gasteiger partial charge in [0.2, 0.25) is 5.82 Å². The first-order valence-electron chi connectivity index (χ1n) is 8.02. The molecule has 1 aliphatic heterocycles. The summed E-state index contributed by atoms with van der Waals surface area (Å²) in [6.07, 6.45) is -4.17. The standard InChI is InChI=1S/C15H15FN4O8S/c16-29(25,26)8-3-1-7(2-4-8)15(24)27-5-9-10(21)11(22)14(28-9)20-6-18-13(19-20)12(17)23/h1-4,6,9-11,14,21-22H,5H2,(H2,17,23)/t9-,10-,11-,14-/m1/s1. The molecule has 1 aromatic carbocycles. The van der Waals surface area contributed by atoms with Crippen LogP contribution in [0, 0.1) is 0 Å². The Morgan fingerprint density at radius 3 is 2.45 bits per heavy atom. The number of primary amides is 1. The Morgan fingerprint density at radius 2 is 1.90 bits per heavy atom. The number of esters is 1. The molecule has 0 bridgehead atoms. The number of ether oxygens (including phenoxy) is 2. The maximum Gasteiger partial charge on any atom is 0.338 e. The van der Waals surface area contributed by atoms with Gasteiger partial charge in [0.15, 0.2) is 6.23 Å². The largest absolute Gasteiger partial charge is 0.459 e. The highest BCUT2D eigenvalue weighted by Crippen LogP contribution is 2.29. The fourth-order valence-electron chi connectivity index (χ4n) is 2.59. The van der Waals surface area contributed by atoms with Crippen LogP contribution < -0.4 is 5.73 Å². The van der Waals surface area contributed by atoms with Gasteiger partial charge in [-0.2, -0.15) is 8.42 Å². The van der Waals surface area contributed by atoms with E-state index in [1.54, 1.807) is 0 Å². The maximum atomic E-state index is 12.9. The van der Waals surface area contributed by atoms with Crippen molar-refractivity contribution in [3.8, 4) is 0 Å². The highest BCUT2D eigenvalue weighted by Gasteiger charge is 2.45. The van der Waals surface area contributed by atoms with Crippen molar-refractivity contribution in [2.24, 2.45) is 5.73 Å². The third kappa shape index (κ3) is 4.40. The summed E-state index contributed by atoms with van der Waals surface area (Å²) >= 11 is 0. The number of carbonyl (C=O) groups excluding carboxylic acids is 2. The SMILES string of the molecule is NC(=O)c1ncn([C@@H]2O[C@H](COC(=O)c3ccc(S(=O)(=O)F)cc3)[C@@H](O)[C@H]2O)n1. The summed E-state index contributed by atoms with van der Waals surface area (Å²) < 4.78 is 45.8. The average Bonchev–Trinajstić information content (AvgIpc) is 3.26. The van der Waals surface area contributed by atoms with Gasteiger partial charge in [0.1, 0.15) is 31.2 Å². The smallest absolute Gasteiger partial charge is 0.338 e. The topological polar surface area (TPSA) is 184 Å². The Balaban J connectivity index is 1.63. The average molecular weight is 430 g/mol. The number of benzene rings is 1. The van der Waals surface area contributed by atoms with Crippen LogP contribution >= 0.6 is 0 Å². The Hall–Kier alpha value is -2.94. The molecule has 0 spiro atoms. The van der Waals surface area contributed by atoms with Gasteiger partial charge in [-0.3, -0.25) is 4.79 Å². The summed E-state index contributed by atoms with van der Waals surface area (Å²) in [6, 6.07) is 3.90. The molecule has 2 aromatic rings. The zero-order valence-corrected chi connectivity index (χ0v) is 15.3. The Bertz CT molecular complexity index is 1030. The van der Waals surface area contributed by atoms with Gasteiger partial charge in [0, 0.05) is 0 Å². The lowest BCUT2D eigenvalue weighted by Gasteiger charge is -2.14. The summed E-state index contributed by atoms with van der Waals surface area (Å²) in [5.74, 6) is -2.10. The fourth-order valence-corrected chi connectivity index (χ4v) is 3.05. The van der Waals surface area contributed by atoms with Crippen molar-refractivity contribution < 1.29 is 41.6 Å². The van der Waals surface area contributed by atoms with Crippen molar-refractivity contribution in [3.05, 3.63) is 42.0 Å². The van der Waals surface area contributed by atoms with Gasteiger partial charge in [-0.1, -0.05) is 0 Å². The van der Waals surface area contributed by atoms with Crippen molar-refractivity contribution in [2.75, 3.05) is 6.61 Å². The van der Waals surface area contributed by atoms with Crippen molar-refractivity contribution in [1.29, 1.82) is 0 Å². The number of aromatic nitrogens is 3. The monoisotopic (exact) mass is 430 g/mol. The molecule has 0 aliphatic carbocycles. The second-order valence-electron chi connectivity index (χ2n) is 6.02. The molecular weight excluding hydrogens is 415 g/mol. The molecule has 0 saturated carbocycles. The lowest BCUT2D eigenvalue weighted by atomic mass is 10.1. The molecule has 3 rings (SSSR count). The van der Waals surface area contributed by atoms with Crippen LogP contribution in [0.25, 0.3) is 0 Å². The summed E-state index contributed by atoms with van der Waals surface area (Å²) in [4.78, 5) is 26.1. The summed E-state index contributed by atoms with van der Waals surface area (Å²) in [7, 11) is -4.90. The lowest BCUT2D eigenvalue weighted by molar-refractivity contribution is -0.0632. The van der Waals surface area contributed by atoms with E-state index in [0.29, 0.717) is 0 Å². The van der Waals surface area contributed by atoms with Gasteiger partial charge in [0.25, 0.3) is 5.91 Å². The minimum atomic E-state index is -4.90. The summed E-state index contributed by atoms with van der Waals surface area (Å²) in [5, 5.41) is 23.9. The number of amides is 1. The van der Waals surface area contributed by atoms with Gasteiger partial charge in [-0.15, -0.1) is 8.98 Å². The maximum absolute atomic E-state index is 12.9. The van der Waals surface area contributed by atoms with Crippen LogP contribution in [0.15, 0.2) is 35.5 Å². The minimum Gasteiger partial charge on any atom is -0.459 e. The van der Waals surface area contributed by atoms with Crippen LogP contribution in [0.3, 0.4) is 0 Å². The first-order chi connectivity index (χ1) is 13.6. The zero-order valence-electron chi connectivity index (χ0n) is 14.5. The van der Waals surface area contributed by atoms with Gasteiger partial charge in [0.05, 0.1) is 10.5 Å². The second kappa shape index (κ2) is 7.82. The molecule has 4 N–H and O–H groups in total. The highest BCUT2D eigenvalue weighted by atomic mass is 32.3. The Morgan fingerprint density at radius 1 is 1.24 bits per heavy atom. The normalized spacial score (nSPS) is 24.4. The van der Waals surface area contributed by atoms with E-state index in [4.69, 9.17) is 15.2 Å². The van der Waals surface area contributed by atoms with Crippen molar-refractivity contribution in [1.82, 2.24) is 14.8 Å². The number of halogens is 1. The highest BCUT2D eigenvalue weighted by molar-refractivity contribution is 7.86. The van der Waals surface area contributed by atoms with Crippen LogP contribution in [0.1, 0.15) is 27.2 Å². The summed E-state index contributed by atoms with van der Waals surface area (Å²) in [6.45, 7) is -0.464. The number of nitrogens with two attached hydrogens (primary N) is 1. The molecule has 1 fully saturated rings.